The lowest BCUT2D eigenvalue weighted by Crippen LogP contribution is -2.15. The van der Waals surface area contributed by atoms with Gasteiger partial charge in [-0.25, -0.2) is 4.98 Å². The van der Waals surface area contributed by atoms with E-state index in [4.69, 9.17) is 29.2 Å². The molecule has 0 aliphatic rings. The van der Waals surface area contributed by atoms with Crippen molar-refractivity contribution in [1.29, 1.82) is 0 Å². The van der Waals surface area contributed by atoms with Crippen LogP contribution in [0.15, 0.2) is 200 Å². The van der Waals surface area contributed by atoms with Crippen LogP contribution in [0.4, 0.5) is 39.9 Å². The number of benzene rings is 7. The summed E-state index contributed by atoms with van der Waals surface area (Å²) in [6.07, 6.45) is 1.81. The van der Waals surface area contributed by atoms with Gasteiger partial charge in [-0.1, -0.05) is 142 Å². The van der Waals surface area contributed by atoms with E-state index >= 15 is 0 Å². The smallest absolute Gasteiger partial charge is 0.137 e. The van der Waals surface area contributed by atoms with Crippen LogP contribution in [-0.4, -0.2) is 4.98 Å². The first kappa shape index (κ1) is 25.8. The zero-order valence-corrected chi connectivity index (χ0v) is 31.1. The predicted molar refractivity (Wildman–Crippen MR) is 234 cm³/mol. The molecule has 1 aromatic heterocycles. The van der Waals surface area contributed by atoms with E-state index in [-0.39, 0.29) is 39.0 Å². The number of para-hydroxylation sites is 4. The van der Waals surface area contributed by atoms with Crippen molar-refractivity contribution in [3.8, 4) is 33.8 Å². The molecule has 0 saturated carbocycles. The Morgan fingerprint density at radius 3 is 1.68 bits per heavy atom. The van der Waals surface area contributed by atoms with Crippen LogP contribution in [0.2, 0.25) is 0 Å². The third-order valence-corrected chi connectivity index (χ3v) is 9.22. The first-order chi connectivity index (χ1) is 31.5. The van der Waals surface area contributed by atoms with Crippen molar-refractivity contribution in [3.63, 3.8) is 0 Å². The fourth-order valence-electron chi connectivity index (χ4n) is 6.54. The van der Waals surface area contributed by atoms with Crippen LogP contribution < -0.4 is 20.3 Å². The third kappa shape index (κ3) is 7.61. The second-order valence-electron chi connectivity index (χ2n) is 14.0. The average molecular weight is 739 g/mol. The van der Waals surface area contributed by atoms with Gasteiger partial charge in [0, 0.05) is 40.8 Å². The normalized spacial score (nSPS) is 13.7. The van der Waals surface area contributed by atoms with Crippen molar-refractivity contribution in [3.05, 3.63) is 206 Å². The minimum absolute atomic E-state index is 0.115. The molecule has 0 unspecified atom stereocenters. The standard InChI is InChI=1S/C51H44N4O/c1-51(2,3)39-32-33-53-49(34-39)54(40-22-11-6-12-23-40)41-24-15-26-43(35-41)56-44-27-16-25-42(36-44)55(48-31-14-13-30-47(48)52)50-45(37-18-7-4-8-19-37)28-17-29-46(50)38-20-9-5-10-21-38/h4-36H,52H2,1-3H3/i4D,5D,7D,8D,9D,10D,18D,19D,20D,21D. The van der Waals surface area contributed by atoms with Gasteiger partial charge in [-0.3, -0.25) is 4.90 Å². The minimum atomic E-state index is -0.586. The summed E-state index contributed by atoms with van der Waals surface area (Å²) >= 11 is 0. The molecule has 0 fully saturated rings. The second-order valence-corrected chi connectivity index (χ2v) is 14.0. The number of anilines is 7. The number of hydrogen-bond acceptors (Lipinski definition) is 5. The third-order valence-electron chi connectivity index (χ3n) is 9.22. The van der Waals surface area contributed by atoms with Crippen LogP contribution in [0.25, 0.3) is 22.3 Å². The Morgan fingerprint density at radius 2 is 1.09 bits per heavy atom. The molecular formula is C51H44N4O. The van der Waals surface area contributed by atoms with Crippen molar-refractivity contribution in [1.82, 2.24) is 4.98 Å². The van der Waals surface area contributed by atoms with Gasteiger partial charge in [-0.15, -0.1) is 0 Å². The Labute approximate surface area is 344 Å². The van der Waals surface area contributed by atoms with Crippen molar-refractivity contribution in [2.75, 3.05) is 15.5 Å². The average Bonchev–Trinajstić information content (AvgIpc) is 3.31. The molecule has 8 aromatic rings. The highest BCUT2D eigenvalue weighted by Crippen LogP contribution is 2.48. The Hall–Kier alpha value is -7.11. The van der Waals surface area contributed by atoms with Crippen LogP contribution in [0, 0.1) is 0 Å². The largest absolute Gasteiger partial charge is 0.457 e. The fourth-order valence-corrected chi connectivity index (χ4v) is 6.54. The van der Waals surface area contributed by atoms with E-state index in [0.717, 1.165) is 22.8 Å². The molecule has 7 aromatic carbocycles. The number of hydrogen-bond donors (Lipinski definition) is 1. The van der Waals surface area contributed by atoms with Gasteiger partial charge in [-0.05, 0) is 82.8 Å². The summed E-state index contributed by atoms with van der Waals surface area (Å²) < 4.78 is 94.0. The summed E-state index contributed by atoms with van der Waals surface area (Å²) in [7, 11) is 0. The molecule has 0 saturated heterocycles. The van der Waals surface area contributed by atoms with Crippen molar-refractivity contribution < 1.29 is 18.4 Å². The van der Waals surface area contributed by atoms with E-state index in [9.17, 15) is 0 Å². The lowest BCUT2D eigenvalue weighted by molar-refractivity contribution is 0.483. The molecule has 0 spiro atoms. The van der Waals surface area contributed by atoms with Gasteiger partial charge in [0.1, 0.15) is 17.3 Å². The summed E-state index contributed by atoms with van der Waals surface area (Å²) in [5.74, 6) is 1.59. The maximum Gasteiger partial charge on any atom is 0.137 e. The van der Waals surface area contributed by atoms with E-state index in [1.165, 1.54) is 0 Å². The van der Waals surface area contributed by atoms with Gasteiger partial charge in [0.25, 0.3) is 0 Å². The van der Waals surface area contributed by atoms with Crippen molar-refractivity contribution in [2.24, 2.45) is 0 Å². The molecule has 8 rings (SSSR count). The zero-order valence-electron chi connectivity index (χ0n) is 41.1. The highest BCUT2D eigenvalue weighted by Gasteiger charge is 2.24. The molecule has 0 atom stereocenters. The van der Waals surface area contributed by atoms with Crippen LogP contribution in [0.3, 0.4) is 0 Å². The summed E-state index contributed by atoms with van der Waals surface area (Å²) in [5, 5.41) is 0. The molecule has 2 N–H and O–H groups in total. The Morgan fingerprint density at radius 1 is 0.554 bits per heavy atom. The molecular weight excluding hydrogens is 685 g/mol. The van der Waals surface area contributed by atoms with Crippen LogP contribution in [0.5, 0.6) is 11.5 Å². The first-order valence-corrected chi connectivity index (χ1v) is 18.1. The summed E-state index contributed by atoms with van der Waals surface area (Å²) in [4.78, 5) is 8.53. The van der Waals surface area contributed by atoms with E-state index in [1.807, 2.05) is 66.9 Å². The Bertz CT molecular complexity index is 3010. The highest BCUT2D eigenvalue weighted by molar-refractivity contribution is 5.99. The summed E-state index contributed by atoms with van der Waals surface area (Å²) in [6.45, 7) is 6.46. The molecule has 0 aliphatic heterocycles. The van der Waals surface area contributed by atoms with Crippen LogP contribution >= 0.6 is 0 Å². The number of aromatic nitrogens is 1. The Kier molecular flexibility index (Phi) is 7.24. The summed E-state index contributed by atoms with van der Waals surface area (Å²) in [5.41, 5.74) is 10.5. The number of nitrogens with two attached hydrogens (primary N) is 1. The molecule has 5 heteroatoms. The molecule has 274 valence electrons. The van der Waals surface area contributed by atoms with Gasteiger partial charge >= 0.3 is 0 Å². The maximum absolute atomic E-state index is 9.07. The quantitative estimate of drug-likeness (QED) is 0.142. The maximum atomic E-state index is 9.07. The molecule has 1 heterocycles. The first-order valence-electron chi connectivity index (χ1n) is 23.1. The van der Waals surface area contributed by atoms with Gasteiger partial charge in [0.2, 0.25) is 0 Å². The Balaban J connectivity index is 1.34. The van der Waals surface area contributed by atoms with Crippen LogP contribution in [-0.2, 0) is 5.41 Å². The number of ether oxygens (including phenoxy) is 1. The highest BCUT2D eigenvalue weighted by atomic mass is 16.5. The zero-order chi connectivity index (χ0) is 47.2. The second kappa shape index (κ2) is 15.7. The molecule has 0 amide bonds. The lowest BCUT2D eigenvalue weighted by atomic mass is 9.88. The van der Waals surface area contributed by atoms with Gasteiger partial charge in [0.05, 0.1) is 36.5 Å². The van der Waals surface area contributed by atoms with E-state index in [2.05, 4.69) is 31.7 Å². The fraction of sp³-hybridized carbons (Fsp3) is 0.0784. The van der Waals surface area contributed by atoms with Gasteiger partial charge in [0.15, 0.2) is 0 Å². The van der Waals surface area contributed by atoms with E-state index in [1.54, 1.807) is 71.6 Å². The van der Waals surface area contributed by atoms with Crippen molar-refractivity contribution >= 4 is 39.9 Å². The molecule has 5 nitrogen and oxygen atoms in total. The molecule has 0 bridgehead atoms. The number of rotatable bonds is 10. The topological polar surface area (TPSA) is 54.6 Å². The summed E-state index contributed by atoms with van der Waals surface area (Å²) in [6, 6.07) is 34.8. The monoisotopic (exact) mass is 738 g/mol. The molecule has 0 aliphatic carbocycles. The number of nitrogens with zero attached hydrogens (tertiary/aromatic N) is 3. The predicted octanol–water partition coefficient (Wildman–Crippen LogP) is 14.0. The lowest BCUT2D eigenvalue weighted by Gasteiger charge is -2.31. The van der Waals surface area contributed by atoms with Crippen molar-refractivity contribution in [2.45, 2.75) is 26.2 Å². The van der Waals surface area contributed by atoms with Crippen LogP contribution in [0.1, 0.15) is 40.0 Å². The SMILES string of the molecule is [2H]c1c([2H])c([2H])c(-c2cccc(-c3c([2H])c([2H])c([2H])c([2H])c3[2H])c2N(c2cccc(Oc3cccc(N(c4ccccc4)c4cc(C(C)(C)C)ccn4)c3)c2)c2ccccc2N)c([2H])c1[2H]. The molecule has 0 radical (unpaired) electrons. The number of nitrogen functional groups attached to an aromatic ring is 1. The van der Waals surface area contributed by atoms with E-state index in [0.29, 0.717) is 22.9 Å². The van der Waals surface area contributed by atoms with E-state index < -0.39 is 60.4 Å². The number of pyridine rings is 1. The van der Waals surface area contributed by atoms with Gasteiger partial charge in [-0.2, -0.15) is 0 Å². The molecule has 56 heavy (non-hydrogen) atoms. The van der Waals surface area contributed by atoms with Gasteiger partial charge < -0.3 is 15.4 Å². The minimum Gasteiger partial charge on any atom is -0.457 e.